The number of ether oxygens (including phenoxy) is 1. The summed E-state index contributed by atoms with van der Waals surface area (Å²) >= 11 is 5.58. The van der Waals surface area contributed by atoms with E-state index >= 15 is 0 Å². The van der Waals surface area contributed by atoms with Gasteiger partial charge in [0.15, 0.2) is 0 Å². The highest BCUT2D eigenvalue weighted by Gasteiger charge is 2.23. The number of nitrogens with zero attached hydrogens (tertiary/aromatic N) is 1. The lowest BCUT2D eigenvalue weighted by Gasteiger charge is -2.20. The number of halogens is 2. The van der Waals surface area contributed by atoms with Crippen LogP contribution < -0.4 is 0 Å². The second kappa shape index (κ2) is 7.04. The molecule has 102 valence electrons. The second-order valence-electron chi connectivity index (χ2n) is 3.54. The Morgan fingerprint density at radius 2 is 2.11 bits per heavy atom. The van der Waals surface area contributed by atoms with Crippen LogP contribution in [0.4, 0.5) is 4.39 Å². The lowest BCUT2D eigenvalue weighted by atomic mass is 10.4. The summed E-state index contributed by atoms with van der Waals surface area (Å²) in [5, 5.41) is 0. The zero-order valence-electron chi connectivity index (χ0n) is 9.97. The summed E-state index contributed by atoms with van der Waals surface area (Å²) in [5.41, 5.74) is 0. The van der Waals surface area contributed by atoms with Gasteiger partial charge in [-0.05, 0) is 18.2 Å². The van der Waals surface area contributed by atoms with Gasteiger partial charge in [-0.15, -0.1) is 11.6 Å². The van der Waals surface area contributed by atoms with Gasteiger partial charge in [-0.25, -0.2) is 12.8 Å². The lowest BCUT2D eigenvalue weighted by molar-refractivity contribution is 0.180. The van der Waals surface area contributed by atoms with Gasteiger partial charge in [0.05, 0.1) is 11.5 Å². The van der Waals surface area contributed by atoms with Crippen LogP contribution >= 0.6 is 11.6 Å². The average Bonchev–Trinajstić information content (AvgIpc) is 2.34. The quantitative estimate of drug-likeness (QED) is 0.719. The van der Waals surface area contributed by atoms with E-state index in [-0.39, 0.29) is 30.5 Å². The molecule has 1 aromatic carbocycles. The summed E-state index contributed by atoms with van der Waals surface area (Å²) < 4.78 is 43.5. The molecule has 0 saturated heterocycles. The van der Waals surface area contributed by atoms with E-state index in [4.69, 9.17) is 16.3 Å². The molecule has 1 aromatic rings. The van der Waals surface area contributed by atoms with Gasteiger partial charge in [0, 0.05) is 26.1 Å². The number of hydrogen-bond acceptors (Lipinski definition) is 3. The molecule has 0 aliphatic heterocycles. The van der Waals surface area contributed by atoms with Crippen molar-refractivity contribution in [2.24, 2.45) is 0 Å². The Morgan fingerprint density at radius 3 is 2.67 bits per heavy atom. The molecule has 0 heterocycles. The third-order valence-corrected chi connectivity index (χ3v) is 4.38. The maximum absolute atomic E-state index is 13.1. The monoisotopic (exact) mass is 295 g/mol. The second-order valence-corrected chi connectivity index (χ2v) is 5.86. The van der Waals surface area contributed by atoms with Gasteiger partial charge >= 0.3 is 0 Å². The summed E-state index contributed by atoms with van der Waals surface area (Å²) in [7, 11) is -2.25. The van der Waals surface area contributed by atoms with Crippen LogP contribution in [-0.4, -0.2) is 45.4 Å². The van der Waals surface area contributed by atoms with E-state index in [0.29, 0.717) is 0 Å². The SMILES string of the molecule is COCCN(CCCl)S(=O)(=O)c1cccc(F)c1. The maximum atomic E-state index is 13.1. The minimum absolute atomic E-state index is 0.0799. The van der Waals surface area contributed by atoms with Gasteiger partial charge in [0.1, 0.15) is 5.82 Å². The number of benzene rings is 1. The molecule has 0 aromatic heterocycles. The number of rotatable bonds is 7. The van der Waals surface area contributed by atoms with Crippen molar-refractivity contribution in [1.82, 2.24) is 4.31 Å². The van der Waals surface area contributed by atoms with Crippen LogP contribution in [0.1, 0.15) is 0 Å². The minimum Gasteiger partial charge on any atom is -0.383 e. The van der Waals surface area contributed by atoms with Gasteiger partial charge in [0.2, 0.25) is 10.0 Å². The number of hydrogen-bond donors (Lipinski definition) is 0. The van der Waals surface area contributed by atoms with E-state index in [0.717, 1.165) is 6.07 Å². The van der Waals surface area contributed by atoms with Crippen molar-refractivity contribution in [2.75, 3.05) is 32.7 Å². The van der Waals surface area contributed by atoms with Crippen molar-refractivity contribution < 1.29 is 17.5 Å². The first-order valence-electron chi connectivity index (χ1n) is 5.33. The molecule has 0 fully saturated rings. The van der Waals surface area contributed by atoms with E-state index < -0.39 is 15.8 Å². The Hall–Kier alpha value is -0.690. The minimum atomic E-state index is -3.73. The highest BCUT2D eigenvalue weighted by atomic mass is 35.5. The first-order valence-corrected chi connectivity index (χ1v) is 7.30. The van der Waals surface area contributed by atoms with Gasteiger partial charge in [-0.1, -0.05) is 6.07 Å². The summed E-state index contributed by atoms with van der Waals surface area (Å²) in [4.78, 5) is -0.0799. The molecule has 4 nitrogen and oxygen atoms in total. The highest BCUT2D eigenvalue weighted by molar-refractivity contribution is 7.89. The molecular weight excluding hydrogens is 281 g/mol. The third-order valence-electron chi connectivity index (χ3n) is 2.31. The van der Waals surface area contributed by atoms with Crippen LogP contribution in [0.15, 0.2) is 29.2 Å². The molecule has 0 saturated carbocycles. The fourth-order valence-corrected chi connectivity index (χ4v) is 3.18. The molecule has 0 atom stereocenters. The van der Waals surface area contributed by atoms with E-state index in [1.54, 1.807) is 0 Å². The van der Waals surface area contributed by atoms with Crippen molar-refractivity contribution in [3.63, 3.8) is 0 Å². The largest absolute Gasteiger partial charge is 0.383 e. The molecule has 18 heavy (non-hydrogen) atoms. The fraction of sp³-hybridized carbons (Fsp3) is 0.455. The summed E-state index contributed by atoms with van der Waals surface area (Å²) in [6.07, 6.45) is 0. The van der Waals surface area contributed by atoms with Crippen molar-refractivity contribution in [3.8, 4) is 0 Å². The van der Waals surface area contributed by atoms with Crippen molar-refractivity contribution >= 4 is 21.6 Å². The van der Waals surface area contributed by atoms with Crippen LogP contribution in [0.2, 0.25) is 0 Å². The Morgan fingerprint density at radius 1 is 1.39 bits per heavy atom. The van der Waals surface area contributed by atoms with E-state index in [2.05, 4.69) is 0 Å². The summed E-state index contributed by atoms with van der Waals surface area (Å²) in [5.74, 6) is -0.424. The Labute approximate surface area is 111 Å². The maximum Gasteiger partial charge on any atom is 0.243 e. The van der Waals surface area contributed by atoms with Crippen molar-refractivity contribution in [1.29, 1.82) is 0 Å². The molecule has 0 spiro atoms. The topological polar surface area (TPSA) is 46.6 Å². The fourth-order valence-electron chi connectivity index (χ4n) is 1.42. The highest BCUT2D eigenvalue weighted by Crippen LogP contribution is 2.16. The van der Waals surface area contributed by atoms with Gasteiger partial charge in [0.25, 0.3) is 0 Å². The number of alkyl halides is 1. The molecule has 0 amide bonds. The van der Waals surface area contributed by atoms with E-state index in [1.165, 1.54) is 29.6 Å². The van der Waals surface area contributed by atoms with Crippen molar-refractivity contribution in [2.45, 2.75) is 4.90 Å². The molecule has 0 N–H and O–H groups in total. The first-order chi connectivity index (χ1) is 8.52. The predicted octanol–water partition coefficient (Wildman–Crippen LogP) is 1.70. The first kappa shape index (κ1) is 15.4. The van der Waals surface area contributed by atoms with Gasteiger partial charge in [-0.2, -0.15) is 4.31 Å². The lowest BCUT2D eigenvalue weighted by Crippen LogP contribution is -2.35. The van der Waals surface area contributed by atoms with Crippen LogP contribution in [-0.2, 0) is 14.8 Å². The summed E-state index contributed by atoms with van der Waals surface area (Å²) in [6, 6.07) is 4.90. The molecule has 0 aliphatic rings. The van der Waals surface area contributed by atoms with Crippen LogP contribution in [0, 0.1) is 5.82 Å². The molecular formula is C11H15ClFNO3S. The zero-order valence-corrected chi connectivity index (χ0v) is 11.5. The smallest absolute Gasteiger partial charge is 0.243 e. The summed E-state index contributed by atoms with van der Waals surface area (Å²) in [6.45, 7) is 0.595. The van der Waals surface area contributed by atoms with E-state index in [1.807, 2.05) is 0 Å². The van der Waals surface area contributed by atoms with Gasteiger partial charge < -0.3 is 4.74 Å². The standard InChI is InChI=1S/C11H15ClFNO3S/c1-17-8-7-14(6-5-12)18(15,16)11-4-2-3-10(13)9-11/h2-4,9H,5-8H2,1H3. The van der Waals surface area contributed by atoms with Crippen LogP contribution in [0.25, 0.3) is 0 Å². The van der Waals surface area contributed by atoms with E-state index in [9.17, 15) is 12.8 Å². The molecule has 0 bridgehead atoms. The molecule has 0 radical (unpaired) electrons. The van der Waals surface area contributed by atoms with Crippen molar-refractivity contribution in [3.05, 3.63) is 30.1 Å². The zero-order chi connectivity index (χ0) is 13.6. The van der Waals surface area contributed by atoms with Gasteiger partial charge in [-0.3, -0.25) is 0 Å². The third kappa shape index (κ3) is 3.91. The molecule has 0 unspecified atom stereocenters. The average molecular weight is 296 g/mol. The Bertz CT molecular complexity index is 481. The predicted molar refractivity (Wildman–Crippen MR) is 67.8 cm³/mol. The molecule has 0 aliphatic carbocycles. The number of methoxy groups -OCH3 is 1. The Kier molecular flexibility index (Phi) is 6.01. The molecule has 1 rings (SSSR count). The molecule has 7 heteroatoms. The normalized spacial score (nSPS) is 12.0. The van der Waals surface area contributed by atoms with Crippen LogP contribution in [0.3, 0.4) is 0 Å². The van der Waals surface area contributed by atoms with Crippen LogP contribution in [0.5, 0.6) is 0 Å². The Balaban J connectivity index is 3.00. The number of sulfonamides is 1.